The van der Waals surface area contributed by atoms with Gasteiger partial charge in [0.2, 0.25) is 5.91 Å². The predicted molar refractivity (Wildman–Crippen MR) is 75.5 cm³/mol. The highest BCUT2D eigenvalue weighted by Crippen LogP contribution is 2.15. The highest BCUT2D eigenvalue weighted by molar-refractivity contribution is 7.85. The zero-order valence-corrected chi connectivity index (χ0v) is 12.4. The van der Waals surface area contributed by atoms with Crippen LogP contribution >= 0.6 is 0 Å². The number of hydrogen-bond donors (Lipinski definition) is 1. The average molecular weight is 288 g/mol. The Kier molecular flexibility index (Phi) is 5.78. The quantitative estimate of drug-likeness (QED) is 0.798. The molecule has 0 aliphatic carbocycles. The van der Waals surface area contributed by atoms with E-state index < -0.39 is 10.8 Å². The van der Waals surface area contributed by atoms with E-state index in [1.807, 2.05) is 4.90 Å². The number of rotatable bonds is 4. The summed E-state index contributed by atoms with van der Waals surface area (Å²) in [4.78, 5) is 13.6. The number of ether oxygens (including phenoxy) is 1. The molecule has 2 aliphatic heterocycles. The first kappa shape index (κ1) is 14.9. The fraction of sp³-hybridized carbons (Fsp3) is 0.923. The maximum absolute atomic E-state index is 11.7. The standard InChI is InChI=1S/C13H24N2O3S/c1-18-10-13(16)15-6-2-11(3-7-15)14-12-4-8-19(17)9-5-12/h11-12,14H,2-10H2,1H3. The lowest BCUT2D eigenvalue weighted by Gasteiger charge is -2.35. The van der Waals surface area contributed by atoms with Crippen molar-refractivity contribution in [2.75, 3.05) is 38.3 Å². The minimum absolute atomic E-state index is 0.0917. The largest absolute Gasteiger partial charge is 0.375 e. The van der Waals surface area contributed by atoms with Crippen LogP contribution in [-0.4, -0.2) is 65.4 Å². The van der Waals surface area contributed by atoms with Gasteiger partial charge in [-0.2, -0.15) is 0 Å². The highest BCUT2D eigenvalue weighted by Gasteiger charge is 2.25. The van der Waals surface area contributed by atoms with Gasteiger partial charge < -0.3 is 15.0 Å². The lowest BCUT2D eigenvalue weighted by molar-refractivity contribution is -0.136. The Hall–Kier alpha value is -0.460. The normalized spacial score (nSPS) is 29.4. The van der Waals surface area contributed by atoms with Crippen LogP contribution in [0.4, 0.5) is 0 Å². The van der Waals surface area contributed by atoms with Crippen molar-refractivity contribution in [1.29, 1.82) is 0 Å². The number of carbonyl (C=O) groups excluding carboxylic acids is 1. The number of nitrogens with zero attached hydrogens (tertiary/aromatic N) is 1. The Morgan fingerprint density at radius 2 is 1.79 bits per heavy atom. The molecule has 2 rings (SSSR count). The van der Waals surface area contributed by atoms with Crippen molar-refractivity contribution in [1.82, 2.24) is 10.2 Å². The predicted octanol–water partition coefficient (Wildman–Crippen LogP) is 0.125. The Morgan fingerprint density at radius 1 is 1.21 bits per heavy atom. The number of methoxy groups -OCH3 is 1. The van der Waals surface area contributed by atoms with Gasteiger partial charge in [0.05, 0.1) is 0 Å². The Bertz CT molecular complexity index is 320. The molecule has 2 heterocycles. The van der Waals surface area contributed by atoms with Gasteiger partial charge >= 0.3 is 0 Å². The minimum atomic E-state index is -0.589. The van der Waals surface area contributed by atoms with Crippen molar-refractivity contribution in [2.24, 2.45) is 0 Å². The maximum atomic E-state index is 11.7. The van der Waals surface area contributed by atoms with E-state index >= 15 is 0 Å². The molecule has 0 aromatic heterocycles. The van der Waals surface area contributed by atoms with E-state index in [1.165, 1.54) is 0 Å². The SMILES string of the molecule is COCC(=O)N1CCC(NC2CCS(=O)CC2)CC1. The van der Waals surface area contributed by atoms with Crippen LogP contribution in [-0.2, 0) is 20.3 Å². The van der Waals surface area contributed by atoms with Gasteiger partial charge in [-0.15, -0.1) is 0 Å². The van der Waals surface area contributed by atoms with Gasteiger partial charge in [0, 0.05) is 54.6 Å². The van der Waals surface area contributed by atoms with Gasteiger partial charge in [0.1, 0.15) is 6.61 Å². The lowest BCUT2D eigenvalue weighted by Crippen LogP contribution is -2.49. The van der Waals surface area contributed by atoms with Crippen LogP contribution in [0.25, 0.3) is 0 Å². The van der Waals surface area contributed by atoms with E-state index in [2.05, 4.69) is 5.32 Å². The molecule has 6 heteroatoms. The average Bonchev–Trinajstić information content (AvgIpc) is 2.42. The van der Waals surface area contributed by atoms with Crippen molar-refractivity contribution in [3.63, 3.8) is 0 Å². The number of likely N-dealkylation sites (tertiary alicyclic amines) is 1. The summed E-state index contributed by atoms with van der Waals surface area (Å²) in [6.07, 6.45) is 4.06. The smallest absolute Gasteiger partial charge is 0.248 e. The van der Waals surface area contributed by atoms with Crippen LogP contribution in [0.2, 0.25) is 0 Å². The Morgan fingerprint density at radius 3 is 2.37 bits per heavy atom. The fourth-order valence-electron chi connectivity index (χ4n) is 2.80. The molecule has 0 aromatic carbocycles. The summed E-state index contributed by atoms with van der Waals surface area (Å²) >= 11 is 0. The third kappa shape index (κ3) is 4.54. The Labute approximate surface area is 117 Å². The van der Waals surface area contributed by atoms with E-state index in [9.17, 15) is 9.00 Å². The van der Waals surface area contributed by atoms with Crippen molar-refractivity contribution in [2.45, 2.75) is 37.8 Å². The van der Waals surface area contributed by atoms with Gasteiger partial charge in [0.15, 0.2) is 0 Å². The minimum Gasteiger partial charge on any atom is -0.375 e. The molecule has 0 unspecified atom stereocenters. The summed E-state index contributed by atoms with van der Waals surface area (Å²) in [5, 5.41) is 3.67. The van der Waals surface area contributed by atoms with Crippen molar-refractivity contribution in [3.8, 4) is 0 Å². The first-order chi connectivity index (χ1) is 9.19. The number of amides is 1. The van der Waals surface area contributed by atoms with Gasteiger partial charge in [-0.1, -0.05) is 0 Å². The number of piperidine rings is 1. The molecule has 5 nitrogen and oxygen atoms in total. The third-order valence-corrected chi connectivity index (χ3v) is 5.36. The molecule has 19 heavy (non-hydrogen) atoms. The fourth-order valence-corrected chi connectivity index (χ4v) is 4.10. The molecule has 0 saturated carbocycles. The zero-order chi connectivity index (χ0) is 13.7. The molecule has 2 aliphatic rings. The van der Waals surface area contributed by atoms with Crippen molar-refractivity contribution < 1.29 is 13.7 Å². The number of carbonyl (C=O) groups is 1. The second-order valence-corrected chi connectivity index (χ2v) is 7.07. The molecule has 0 atom stereocenters. The molecule has 0 bridgehead atoms. The first-order valence-electron chi connectivity index (χ1n) is 7.07. The summed E-state index contributed by atoms with van der Waals surface area (Å²) in [7, 11) is 0.966. The molecule has 2 fully saturated rings. The van der Waals surface area contributed by atoms with Crippen LogP contribution < -0.4 is 5.32 Å². The summed E-state index contributed by atoms with van der Waals surface area (Å²) in [5.74, 6) is 1.76. The summed E-state index contributed by atoms with van der Waals surface area (Å²) < 4.78 is 16.2. The number of hydrogen-bond acceptors (Lipinski definition) is 4. The van der Waals surface area contributed by atoms with Crippen LogP contribution in [0.15, 0.2) is 0 Å². The van der Waals surface area contributed by atoms with Gasteiger partial charge in [0.25, 0.3) is 0 Å². The van der Waals surface area contributed by atoms with Crippen LogP contribution in [0.5, 0.6) is 0 Å². The summed E-state index contributed by atoms with van der Waals surface area (Å²) in [5.41, 5.74) is 0. The molecule has 110 valence electrons. The van der Waals surface area contributed by atoms with Gasteiger partial charge in [-0.25, -0.2) is 0 Å². The summed E-state index contributed by atoms with van der Waals surface area (Å²) in [6, 6.07) is 1.02. The molecular formula is C13H24N2O3S. The van der Waals surface area contributed by atoms with E-state index in [4.69, 9.17) is 4.74 Å². The molecule has 0 aromatic rings. The molecule has 2 saturated heterocycles. The third-order valence-electron chi connectivity index (χ3n) is 3.97. The topological polar surface area (TPSA) is 58.6 Å². The number of nitrogens with one attached hydrogen (secondary N) is 1. The van der Waals surface area contributed by atoms with E-state index in [1.54, 1.807) is 7.11 Å². The molecule has 1 amide bonds. The first-order valence-corrected chi connectivity index (χ1v) is 8.55. The monoisotopic (exact) mass is 288 g/mol. The second kappa shape index (κ2) is 7.36. The van der Waals surface area contributed by atoms with E-state index in [0.717, 1.165) is 50.3 Å². The highest BCUT2D eigenvalue weighted by atomic mass is 32.2. The second-order valence-electron chi connectivity index (χ2n) is 5.38. The molecule has 0 radical (unpaired) electrons. The van der Waals surface area contributed by atoms with Crippen LogP contribution in [0.1, 0.15) is 25.7 Å². The van der Waals surface area contributed by atoms with Gasteiger partial charge in [-0.3, -0.25) is 9.00 Å². The molecule has 1 N–H and O–H groups in total. The van der Waals surface area contributed by atoms with E-state index in [-0.39, 0.29) is 12.5 Å². The van der Waals surface area contributed by atoms with Crippen molar-refractivity contribution in [3.05, 3.63) is 0 Å². The lowest BCUT2D eigenvalue weighted by atomic mass is 10.0. The Balaban J connectivity index is 1.68. The van der Waals surface area contributed by atoms with Crippen LogP contribution in [0.3, 0.4) is 0 Å². The van der Waals surface area contributed by atoms with Gasteiger partial charge in [-0.05, 0) is 25.7 Å². The van der Waals surface area contributed by atoms with E-state index in [0.29, 0.717) is 12.1 Å². The molecular weight excluding hydrogens is 264 g/mol. The molecule has 0 spiro atoms. The zero-order valence-electron chi connectivity index (χ0n) is 11.6. The maximum Gasteiger partial charge on any atom is 0.248 e. The summed E-state index contributed by atoms with van der Waals surface area (Å²) in [6.45, 7) is 1.82. The van der Waals surface area contributed by atoms with Crippen molar-refractivity contribution >= 4 is 16.7 Å². The van der Waals surface area contributed by atoms with Crippen LogP contribution in [0, 0.1) is 0 Å².